The Hall–Kier alpha value is -3.18. The number of nitrogens with one attached hydrogen (secondary N) is 1. The van der Waals surface area contributed by atoms with Crippen LogP contribution in [0.4, 0.5) is 5.69 Å². The summed E-state index contributed by atoms with van der Waals surface area (Å²) in [7, 11) is 1.62. The van der Waals surface area contributed by atoms with E-state index in [-0.39, 0.29) is 11.8 Å². The van der Waals surface area contributed by atoms with Crippen LogP contribution in [-0.4, -0.2) is 31.2 Å². The zero-order valence-corrected chi connectivity index (χ0v) is 15.9. The molecule has 3 rings (SSSR count). The largest absolute Gasteiger partial charge is 0.475 e. The number of nitrogens with zero attached hydrogens (tertiary/aromatic N) is 1. The minimum atomic E-state index is -0.0624. The number of methoxy groups -OCH3 is 1. The molecular formula is C23H24N2O3. The van der Waals surface area contributed by atoms with E-state index in [0.29, 0.717) is 31.2 Å². The number of ether oxygens (including phenoxy) is 2. The molecule has 2 aromatic carbocycles. The molecule has 1 aromatic heterocycles. The molecule has 0 aliphatic carbocycles. The van der Waals surface area contributed by atoms with Crippen molar-refractivity contribution in [1.82, 2.24) is 4.98 Å². The van der Waals surface area contributed by atoms with Crippen molar-refractivity contribution < 1.29 is 14.3 Å². The molecule has 0 atom stereocenters. The van der Waals surface area contributed by atoms with E-state index in [1.54, 1.807) is 25.4 Å². The van der Waals surface area contributed by atoms with Crippen molar-refractivity contribution in [2.45, 2.75) is 12.3 Å². The average Bonchev–Trinajstić information content (AvgIpc) is 2.75. The molecule has 0 aliphatic rings. The van der Waals surface area contributed by atoms with Gasteiger partial charge in [0.15, 0.2) is 0 Å². The molecular weight excluding hydrogens is 352 g/mol. The van der Waals surface area contributed by atoms with Crippen molar-refractivity contribution in [3.63, 3.8) is 0 Å². The second-order valence-electron chi connectivity index (χ2n) is 6.35. The number of amides is 1. The molecule has 1 heterocycles. The molecule has 3 aromatic rings. The Balaban J connectivity index is 1.66. The molecule has 0 fully saturated rings. The van der Waals surface area contributed by atoms with Gasteiger partial charge in [0.25, 0.3) is 0 Å². The third-order valence-electron chi connectivity index (χ3n) is 4.35. The molecule has 0 aliphatic heterocycles. The van der Waals surface area contributed by atoms with Gasteiger partial charge in [-0.1, -0.05) is 60.7 Å². The van der Waals surface area contributed by atoms with Gasteiger partial charge in [0.05, 0.1) is 18.5 Å². The monoisotopic (exact) mass is 376 g/mol. The molecule has 0 unspecified atom stereocenters. The van der Waals surface area contributed by atoms with Crippen LogP contribution in [0.3, 0.4) is 0 Å². The second kappa shape index (κ2) is 10.2. The summed E-state index contributed by atoms with van der Waals surface area (Å²) in [6.07, 6.45) is 1.94. The van der Waals surface area contributed by atoms with Gasteiger partial charge in [-0.05, 0) is 17.2 Å². The summed E-state index contributed by atoms with van der Waals surface area (Å²) in [6.45, 7) is 0.936. The number of pyridine rings is 1. The van der Waals surface area contributed by atoms with Crippen molar-refractivity contribution in [3.05, 3.63) is 90.1 Å². The Morgan fingerprint density at radius 2 is 1.57 bits per heavy atom. The van der Waals surface area contributed by atoms with Crippen LogP contribution in [0.15, 0.2) is 79.0 Å². The summed E-state index contributed by atoms with van der Waals surface area (Å²) in [5.74, 6) is 0.432. The highest BCUT2D eigenvalue weighted by Crippen LogP contribution is 2.28. The normalized spacial score (nSPS) is 10.6. The first-order chi connectivity index (χ1) is 13.8. The highest BCUT2D eigenvalue weighted by atomic mass is 16.5. The summed E-state index contributed by atoms with van der Waals surface area (Å²) >= 11 is 0. The topological polar surface area (TPSA) is 60.5 Å². The SMILES string of the molecule is COCCOc1ccc(NC(=O)CC(c2ccccc2)c2ccccc2)cn1. The number of carbonyl (C=O) groups is 1. The Kier molecular flexibility index (Phi) is 7.15. The number of hydrogen-bond donors (Lipinski definition) is 1. The van der Waals surface area contributed by atoms with Crippen molar-refractivity contribution in [1.29, 1.82) is 0 Å². The smallest absolute Gasteiger partial charge is 0.225 e. The van der Waals surface area contributed by atoms with Gasteiger partial charge >= 0.3 is 0 Å². The van der Waals surface area contributed by atoms with Crippen LogP contribution >= 0.6 is 0 Å². The number of anilines is 1. The molecule has 0 spiro atoms. The van der Waals surface area contributed by atoms with Gasteiger partial charge < -0.3 is 14.8 Å². The van der Waals surface area contributed by atoms with Gasteiger partial charge in [0.2, 0.25) is 11.8 Å². The fourth-order valence-corrected chi connectivity index (χ4v) is 2.97. The molecule has 0 saturated carbocycles. The van der Waals surface area contributed by atoms with E-state index in [0.717, 1.165) is 11.1 Å². The summed E-state index contributed by atoms with van der Waals surface area (Å²) in [6, 6.07) is 23.7. The molecule has 28 heavy (non-hydrogen) atoms. The van der Waals surface area contributed by atoms with Gasteiger partial charge in [-0.15, -0.1) is 0 Å². The lowest BCUT2D eigenvalue weighted by Gasteiger charge is -2.18. The van der Waals surface area contributed by atoms with Crippen LogP contribution in [0.25, 0.3) is 0 Å². The third kappa shape index (κ3) is 5.66. The van der Waals surface area contributed by atoms with Crippen molar-refractivity contribution >= 4 is 11.6 Å². The lowest BCUT2D eigenvalue weighted by Crippen LogP contribution is -2.16. The van der Waals surface area contributed by atoms with Crippen LogP contribution in [-0.2, 0) is 9.53 Å². The maximum Gasteiger partial charge on any atom is 0.225 e. The Morgan fingerprint density at radius 3 is 2.11 bits per heavy atom. The molecule has 5 nitrogen and oxygen atoms in total. The number of hydrogen-bond acceptors (Lipinski definition) is 4. The van der Waals surface area contributed by atoms with Crippen LogP contribution in [0.2, 0.25) is 0 Å². The fourth-order valence-electron chi connectivity index (χ4n) is 2.97. The van der Waals surface area contributed by atoms with Crippen LogP contribution in [0.1, 0.15) is 23.5 Å². The molecule has 0 saturated heterocycles. The number of aromatic nitrogens is 1. The minimum absolute atomic E-state index is 0.00740. The second-order valence-corrected chi connectivity index (χ2v) is 6.35. The quantitative estimate of drug-likeness (QED) is 0.567. The molecule has 1 amide bonds. The first-order valence-corrected chi connectivity index (χ1v) is 9.24. The number of rotatable bonds is 9. The first-order valence-electron chi connectivity index (χ1n) is 9.24. The van der Waals surface area contributed by atoms with E-state index >= 15 is 0 Å². The van der Waals surface area contributed by atoms with Gasteiger partial charge in [-0.25, -0.2) is 4.98 Å². The summed E-state index contributed by atoms with van der Waals surface area (Å²) in [5.41, 5.74) is 2.87. The predicted octanol–water partition coefficient (Wildman–Crippen LogP) is 4.27. The molecule has 1 N–H and O–H groups in total. The lowest BCUT2D eigenvalue weighted by molar-refractivity contribution is -0.116. The maximum absolute atomic E-state index is 12.7. The standard InChI is InChI=1S/C23H24N2O3/c1-27-14-15-28-23-13-12-20(17-24-23)25-22(26)16-21(18-8-4-2-5-9-18)19-10-6-3-7-11-19/h2-13,17,21H,14-16H2,1H3,(H,25,26). The zero-order chi connectivity index (χ0) is 19.6. The Morgan fingerprint density at radius 1 is 0.929 bits per heavy atom. The van der Waals surface area contributed by atoms with E-state index in [9.17, 15) is 4.79 Å². The average molecular weight is 376 g/mol. The van der Waals surface area contributed by atoms with E-state index in [2.05, 4.69) is 34.6 Å². The number of carbonyl (C=O) groups excluding carboxylic acids is 1. The van der Waals surface area contributed by atoms with Gasteiger partial charge in [-0.3, -0.25) is 4.79 Å². The van der Waals surface area contributed by atoms with Crippen LogP contribution in [0.5, 0.6) is 5.88 Å². The fraction of sp³-hybridized carbons (Fsp3) is 0.217. The van der Waals surface area contributed by atoms with E-state index in [1.165, 1.54) is 0 Å². The Labute approximate surface area is 165 Å². The van der Waals surface area contributed by atoms with E-state index in [4.69, 9.17) is 9.47 Å². The maximum atomic E-state index is 12.7. The molecule has 144 valence electrons. The van der Waals surface area contributed by atoms with Crippen molar-refractivity contribution in [2.75, 3.05) is 25.6 Å². The highest BCUT2D eigenvalue weighted by molar-refractivity contribution is 5.91. The summed E-state index contributed by atoms with van der Waals surface area (Å²) < 4.78 is 10.4. The predicted molar refractivity (Wildman–Crippen MR) is 110 cm³/mol. The first kappa shape index (κ1) is 19.6. The summed E-state index contributed by atoms with van der Waals surface area (Å²) in [5, 5.41) is 2.92. The van der Waals surface area contributed by atoms with E-state index < -0.39 is 0 Å². The van der Waals surface area contributed by atoms with Crippen molar-refractivity contribution in [3.8, 4) is 5.88 Å². The Bertz CT molecular complexity index is 813. The van der Waals surface area contributed by atoms with Crippen molar-refractivity contribution in [2.24, 2.45) is 0 Å². The molecule has 5 heteroatoms. The van der Waals surface area contributed by atoms with Gasteiger partial charge in [0.1, 0.15) is 6.61 Å². The molecule has 0 bridgehead atoms. The van der Waals surface area contributed by atoms with Gasteiger partial charge in [0, 0.05) is 25.5 Å². The van der Waals surface area contributed by atoms with Crippen LogP contribution < -0.4 is 10.1 Å². The summed E-state index contributed by atoms with van der Waals surface area (Å²) in [4.78, 5) is 16.9. The molecule has 0 radical (unpaired) electrons. The minimum Gasteiger partial charge on any atom is -0.475 e. The zero-order valence-electron chi connectivity index (χ0n) is 15.9. The van der Waals surface area contributed by atoms with Gasteiger partial charge in [-0.2, -0.15) is 0 Å². The highest BCUT2D eigenvalue weighted by Gasteiger charge is 2.18. The lowest BCUT2D eigenvalue weighted by atomic mass is 9.88. The third-order valence-corrected chi connectivity index (χ3v) is 4.35. The van der Waals surface area contributed by atoms with Crippen LogP contribution in [0, 0.1) is 0 Å². The number of benzene rings is 2. The van der Waals surface area contributed by atoms with E-state index in [1.807, 2.05) is 36.4 Å².